The van der Waals surface area contributed by atoms with Crippen LogP contribution in [0.1, 0.15) is 22.3 Å². The predicted octanol–water partition coefficient (Wildman–Crippen LogP) is 3.49. The van der Waals surface area contributed by atoms with E-state index in [1.54, 1.807) is 7.05 Å². The van der Waals surface area contributed by atoms with Crippen LogP contribution in [0, 0.1) is 0 Å². The minimum Gasteiger partial charge on any atom is -0.342 e. The minimum absolute atomic E-state index is 0.0397. The fourth-order valence-electron chi connectivity index (χ4n) is 1.82. The van der Waals surface area contributed by atoms with E-state index in [2.05, 4.69) is 15.9 Å². The van der Waals surface area contributed by atoms with Gasteiger partial charge in [-0.05, 0) is 45.3 Å². The van der Waals surface area contributed by atoms with Gasteiger partial charge in [0.2, 0.25) is 0 Å². The summed E-state index contributed by atoms with van der Waals surface area (Å²) in [5, 5.41) is 0. The summed E-state index contributed by atoms with van der Waals surface area (Å²) in [6.07, 6.45) is -3.73. The molecule has 0 spiro atoms. The summed E-state index contributed by atoms with van der Waals surface area (Å²) in [6, 6.07) is 3.53. The van der Waals surface area contributed by atoms with Crippen LogP contribution in [-0.2, 0) is 6.18 Å². The van der Waals surface area contributed by atoms with Crippen molar-refractivity contribution in [1.29, 1.82) is 0 Å². The molecular weight excluding hydrogens is 349 g/mol. The molecule has 3 nitrogen and oxygen atoms in total. The fraction of sp³-hybridized carbons (Fsp3) is 0.500. The van der Waals surface area contributed by atoms with E-state index in [-0.39, 0.29) is 10.0 Å². The minimum atomic E-state index is -4.49. The monoisotopic (exact) mass is 366 g/mol. The SMILES string of the molecule is CN(C)CCCN(C)C(=O)c1ccc(Br)c(C(F)(F)F)c1. The van der Waals surface area contributed by atoms with Crippen LogP contribution in [-0.4, -0.2) is 49.9 Å². The Kier molecular flexibility index (Phi) is 6.22. The smallest absolute Gasteiger partial charge is 0.342 e. The number of hydrogen-bond donors (Lipinski definition) is 0. The van der Waals surface area contributed by atoms with E-state index in [9.17, 15) is 18.0 Å². The molecule has 0 N–H and O–H groups in total. The van der Waals surface area contributed by atoms with Crippen molar-refractivity contribution in [2.75, 3.05) is 34.2 Å². The number of benzene rings is 1. The predicted molar refractivity (Wildman–Crippen MR) is 79.3 cm³/mol. The Labute approximate surface area is 130 Å². The summed E-state index contributed by atoms with van der Waals surface area (Å²) in [6.45, 7) is 1.31. The molecule has 0 radical (unpaired) electrons. The molecule has 21 heavy (non-hydrogen) atoms. The molecule has 7 heteroatoms. The first-order chi connectivity index (χ1) is 9.62. The van der Waals surface area contributed by atoms with E-state index in [0.29, 0.717) is 6.54 Å². The van der Waals surface area contributed by atoms with Crippen molar-refractivity contribution in [3.05, 3.63) is 33.8 Å². The summed E-state index contributed by atoms with van der Waals surface area (Å²) in [4.78, 5) is 15.6. The molecule has 0 aromatic heterocycles. The second-order valence-electron chi connectivity index (χ2n) is 5.08. The van der Waals surface area contributed by atoms with Gasteiger partial charge in [-0.25, -0.2) is 0 Å². The molecule has 0 aliphatic heterocycles. The molecule has 118 valence electrons. The highest BCUT2D eigenvalue weighted by molar-refractivity contribution is 9.10. The Balaban J connectivity index is 2.83. The Bertz CT molecular complexity index is 503. The molecule has 0 fully saturated rings. The second-order valence-corrected chi connectivity index (χ2v) is 5.93. The van der Waals surface area contributed by atoms with Crippen molar-refractivity contribution >= 4 is 21.8 Å². The van der Waals surface area contributed by atoms with Gasteiger partial charge >= 0.3 is 6.18 Å². The highest BCUT2D eigenvalue weighted by Gasteiger charge is 2.33. The van der Waals surface area contributed by atoms with Crippen molar-refractivity contribution in [2.24, 2.45) is 0 Å². The number of carbonyl (C=O) groups excluding carboxylic acids is 1. The van der Waals surface area contributed by atoms with E-state index < -0.39 is 17.6 Å². The third-order valence-electron chi connectivity index (χ3n) is 2.96. The Morgan fingerprint density at radius 1 is 1.19 bits per heavy atom. The molecule has 0 heterocycles. The largest absolute Gasteiger partial charge is 0.417 e. The lowest BCUT2D eigenvalue weighted by Crippen LogP contribution is -2.30. The zero-order chi connectivity index (χ0) is 16.2. The first-order valence-electron chi connectivity index (χ1n) is 6.40. The Morgan fingerprint density at radius 3 is 2.33 bits per heavy atom. The zero-order valence-electron chi connectivity index (χ0n) is 12.2. The van der Waals surface area contributed by atoms with Gasteiger partial charge in [0.25, 0.3) is 5.91 Å². The van der Waals surface area contributed by atoms with Crippen molar-refractivity contribution in [2.45, 2.75) is 12.6 Å². The third kappa shape index (κ3) is 5.32. The van der Waals surface area contributed by atoms with Gasteiger partial charge in [0.1, 0.15) is 0 Å². The molecule has 1 aromatic rings. The van der Waals surface area contributed by atoms with Crippen LogP contribution < -0.4 is 0 Å². The van der Waals surface area contributed by atoms with Crippen LogP contribution in [0.15, 0.2) is 22.7 Å². The van der Waals surface area contributed by atoms with Gasteiger partial charge in [0, 0.05) is 23.6 Å². The van der Waals surface area contributed by atoms with E-state index >= 15 is 0 Å². The number of alkyl halides is 3. The topological polar surface area (TPSA) is 23.6 Å². The first-order valence-corrected chi connectivity index (χ1v) is 7.19. The molecule has 0 unspecified atom stereocenters. The second kappa shape index (κ2) is 7.26. The van der Waals surface area contributed by atoms with Gasteiger partial charge in [0.15, 0.2) is 0 Å². The molecule has 0 bridgehead atoms. The Morgan fingerprint density at radius 2 is 1.81 bits per heavy atom. The first kappa shape index (κ1) is 18.0. The van der Waals surface area contributed by atoms with Crippen molar-refractivity contribution in [3.63, 3.8) is 0 Å². The average molecular weight is 367 g/mol. The van der Waals surface area contributed by atoms with Crippen LogP contribution in [0.5, 0.6) is 0 Å². The lowest BCUT2D eigenvalue weighted by Gasteiger charge is -2.19. The average Bonchev–Trinajstić information content (AvgIpc) is 2.36. The maximum Gasteiger partial charge on any atom is 0.417 e. The molecule has 0 saturated heterocycles. The van der Waals surface area contributed by atoms with Crippen LogP contribution in [0.2, 0.25) is 0 Å². The van der Waals surface area contributed by atoms with E-state index in [0.717, 1.165) is 19.0 Å². The lowest BCUT2D eigenvalue weighted by molar-refractivity contribution is -0.138. The van der Waals surface area contributed by atoms with Gasteiger partial charge < -0.3 is 9.80 Å². The fourth-order valence-corrected chi connectivity index (χ4v) is 2.29. The van der Waals surface area contributed by atoms with Crippen LogP contribution in [0.4, 0.5) is 13.2 Å². The quantitative estimate of drug-likeness (QED) is 0.796. The van der Waals surface area contributed by atoms with Crippen LogP contribution in [0.25, 0.3) is 0 Å². The van der Waals surface area contributed by atoms with E-state index in [1.807, 2.05) is 19.0 Å². The number of carbonyl (C=O) groups is 1. The number of halogens is 4. The molecule has 0 saturated carbocycles. The van der Waals surface area contributed by atoms with Gasteiger partial charge in [0.05, 0.1) is 5.56 Å². The molecule has 0 atom stereocenters. The number of nitrogens with zero attached hydrogens (tertiary/aromatic N) is 2. The molecular formula is C14H18BrF3N2O. The molecule has 1 rings (SSSR count). The number of hydrogen-bond acceptors (Lipinski definition) is 2. The summed E-state index contributed by atoms with van der Waals surface area (Å²) in [5.41, 5.74) is -0.798. The molecule has 1 aromatic carbocycles. The van der Waals surface area contributed by atoms with Crippen LogP contribution in [0.3, 0.4) is 0 Å². The standard InChI is InChI=1S/C14H18BrF3N2O/c1-19(2)7-4-8-20(3)13(21)10-5-6-12(15)11(9-10)14(16,17)18/h5-6,9H,4,7-8H2,1-3H3. The molecule has 1 amide bonds. The van der Waals surface area contributed by atoms with Crippen molar-refractivity contribution in [3.8, 4) is 0 Å². The Hall–Kier alpha value is -1.08. The highest BCUT2D eigenvalue weighted by Crippen LogP contribution is 2.35. The third-order valence-corrected chi connectivity index (χ3v) is 3.66. The maximum atomic E-state index is 12.8. The van der Waals surface area contributed by atoms with Crippen LogP contribution >= 0.6 is 15.9 Å². The summed E-state index contributed by atoms with van der Waals surface area (Å²) >= 11 is 2.86. The van der Waals surface area contributed by atoms with Gasteiger partial charge in [-0.2, -0.15) is 13.2 Å². The summed E-state index contributed by atoms with van der Waals surface area (Å²) in [5.74, 6) is -0.410. The summed E-state index contributed by atoms with van der Waals surface area (Å²) in [7, 11) is 5.44. The van der Waals surface area contributed by atoms with Gasteiger partial charge in [-0.1, -0.05) is 15.9 Å². The highest BCUT2D eigenvalue weighted by atomic mass is 79.9. The van der Waals surface area contributed by atoms with Gasteiger partial charge in [-0.3, -0.25) is 4.79 Å². The molecule has 0 aliphatic rings. The van der Waals surface area contributed by atoms with E-state index in [1.165, 1.54) is 17.0 Å². The zero-order valence-corrected chi connectivity index (χ0v) is 13.8. The van der Waals surface area contributed by atoms with Crippen molar-refractivity contribution < 1.29 is 18.0 Å². The lowest BCUT2D eigenvalue weighted by atomic mass is 10.1. The normalized spacial score (nSPS) is 11.8. The maximum absolute atomic E-state index is 12.8. The molecule has 0 aliphatic carbocycles. The van der Waals surface area contributed by atoms with Gasteiger partial charge in [-0.15, -0.1) is 0 Å². The number of amides is 1. The van der Waals surface area contributed by atoms with Crippen molar-refractivity contribution in [1.82, 2.24) is 9.80 Å². The van der Waals surface area contributed by atoms with E-state index in [4.69, 9.17) is 0 Å². The number of rotatable bonds is 5. The summed E-state index contributed by atoms with van der Waals surface area (Å²) < 4.78 is 38.4.